The standard InChI is InChI=1S/C14H18N2O3S/c1-3-8-15-20(18,19)12-6-7-13(11(2)10-12)16-9-4-5-14(16)17/h3,6-7,10,15H,1,4-5,8-9H2,2H3. The highest BCUT2D eigenvalue weighted by atomic mass is 32.2. The van der Waals surface area contributed by atoms with Gasteiger partial charge in [0.25, 0.3) is 0 Å². The lowest BCUT2D eigenvalue weighted by Crippen LogP contribution is -2.26. The second-order valence-corrected chi connectivity index (χ2v) is 6.50. The van der Waals surface area contributed by atoms with Crippen molar-refractivity contribution in [2.45, 2.75) is 24.7 Å². The number of benzene rings is 1. The lowest BCUT2D eigenvalue weighted by Gasteiger charge is -2.19. The molecule has 0 spiro atoms. The number of carbonyl (C=O) groups excluding carboxylic acids is 1. The summed E-state index contributed by atoms with van der Waals surface area (Å²) in [6, 6.07) is 4.81. The van der Waals surface area contributed by atoms with E-state index in [4.69, 9.17) is 0 Å². The highest BCUT2D eigenvalue weighted by Crippen LogP contribution is 2.27. The summed E-state index contributed by atoms with van der Waals surface area (Å²) in [5.74, 6) is 0.0912. The number of hydrogen-bond donors (Lipinski definition) is 1. The molecule has 1 amide bonds. The molecule has 1 saturated heterocycles. The van der Waals surface area contributed by atoms with Gasteiger partial charge in [-0.3, -0.25) is 4.79 Å². The molecule has 1 aromatic rings. The van der Waals surface area contributed by atoms with Crippen LogP contribution in [-0.2, 0) is 14.8 Å². The summed E-state index contributed by atoms with van der Waals surface area (Å²) in [5.41, 5.74) is 1.57. The van der Waals surface area contributed by atoms with Crippen LogP contribution in [0.5, 0.6) is 0 Å². The number of amides is 1. The molecule has 0 aromatic heterocycles. The van der Waals surface area contributed by atoms with Gasteiger partial charge >= 0.3 is 0 Å². The minimum atomic E-state index is -3.52. The van der Waals surface area contributed by atoms with E-state index in [2.05, 4.69) is 11.3 Å². The van der Waals surface area contributed by atoms with Crippen molar-refractivity contribution in [3.63, 3.8) is 0 Å². The van der Waals surface area contributed by atoms with Crippen LogP contribution < -0.4 is 9.62 Å². The summed E-state index contributed by atoms with van der Waals surface area (Å²) in [4.78, 5) is 13.6. The minimum Gasteiger partial charge on any atom is -0.312 e. The summed E-state index contributed by atoms with van der Waals surface area (Å²) < 4.78 is 26.4. The number of hydrogen-bond acceptors (Lipinski definition) is 3. The lowest BCUT2D eigenvalue weighted by molar-refractivity contribution is -0.117. The average Bonchev–Trinajstić information content (AvgIpc) is 2.82. The van der Waals surface area contributed by atoms with E-state index in [0.29, 0.717) is 13.0 Å². The second-order valence-electron chi connectivity index (χ2n) is 4.74. The van der Waals surface area contributed by atoms with Gasteiger partial charge in [0, 0.05) is 25.2 Å². The molecular weight excluding hydrogens is 276 g/mol. The first kappa shape index (κ1) is 14.7. The van der Waals surface area contributed by atoms with Crippen molar-refractivity contribution in [1.29, 1.82) is 0 Å². The van der Waals surface area contributed by atoms with Crippen LogP contribution in [0.25, 0.3) is 0 Å². The molecule has 6 heteroatoms. The van der Waals surface area contributed by atoms with E-state index < -0.39 is 10.0 Å². The first-order chi connectivity index (χ1) is 9.45. The molecule has 0 atom stereocenters. The van der Waals surface area contributed by atoms with E-state index in [0.717, 1.165) is 17.7 Å². The summed E-state index contributed by atoms with van der Waals surface area (Å²) >= 11 is 0. The minimum absolute atomic E-state index is 0.0912. The number of nitrogens with zero attached hydrogens (tertiary/aromatic N) is 1. The number of rotatable bonds is 5. The van der Waals surface area contributed by atoms with Gasteiger partial charge in [-0.05, 0) is 37.1 Å². The molecular formula is C14H18N2O3S. The third-order valence-electron chi connectivity index (χ3n) is 3.26. The van der Waals surface area contributed by atoms with E-state index in [-0.39, 0.29) is 17.3 Å². The van der Waals surface area contributed by atoms with Gasteiger partial charge in [-0.2, -0.15) is 0 Å². The van der Waals surface area contributed by atoms with Crippen molar-refractivity contribution in [1.82, 2.24) is 4.72 Å². The molecule has 1 aliphatic heterocycles. The molecule has 20 heavy (non-hydrogen) atoms. The Morgan fingerprint density at radius 2 is 2.20 bits per heavy atom. The fourth-order valence-corrected chi connectivity index (χ4v) is 3.34. The van der Waals surface area contributed by atoms with Gasteiger partial charge in [0.2, 0.25) is 15.9 Å². The first-order valence-electron chi connectivity index (χ1n) is 6.47. The Morgan fingerprint density at radius 3 is 2.75 bits per heavy atom. The summed E-state index contributed by atoms with van der Waals surface area (Å²) in [6.07, 6.45) is 2.89. The summed E-state index contributed by atoms with van der Waals surface area (Å²) in [5, 5.41) is 0. The molecule has 5 nitrogen and oxygen atoms in total. The largest absolute Gasteiger partial charge is 0.312 e. The fourth-order valence-electron chi connectivity index (χ4n) is 2.25. The van der Waals surface area contributed by atoms with Crippen LogP contribution in [0.3, 0.4) is 0 Å². The predicted octanol–water partition coefficient (Wildman–Crippen LogP) is 1.59. The summed E-state index contributed by atoms with van der Waals surface area (Å²) in [7, 11) is -3.52. The molecule has 0 bridgehead atoms. The van der Waals surface area contributed by atoms with Crippen molar-refractivity contribution in [3.05, 3.63) is 36.4 Å². The van der Waals surface area contributed by atoms with Crippen LogP contribution in [-0.4, -0.2) is 27.4 Å². The zero-order valence-electron chi connectivity index (χ0n) is 11.4. The van der Waals surface area contributed by atoms with Crippen LogP contribution in [0, 0.1) is 6.92 Å². The Kier molecular flexibility index (Phi) is 4.25. The van der Waals surface area contributed by atoms with Crippen molar-refractivity contribution in [3.8, 4) is 0 Å². The first-order valence-corrected chi connectivity index (χ1v) is 7.95. The SMILES string of the molecule is C=CCNS(=O)(=O)c1ccc(N2CCCC2=O)c(C)c1. The Morgan fingerprint density at radius 1 is 1.45 bits per heavy atom. The topological polar surface area (TPSA) is 66.5 Å². The highest BCUT2D eigenvalue weighted by molar-refractivity contribution is 7.89. The second kappa shape index (κ2) is 5.76. The van der Waals surface area contributed by atoms with Gasteiger partial charge in [0.1, 0.15) is 0 Å². The smallest absolute Gasteiger partial charge is 0.240 e. The maximum Gasteiger partial charge on any atom is 0.240 e. The van der Waals surface area contributed by atoms with Crippen LogP contribution in [0.15, 0.2) is 35.7 Å². The fraction of sp³-hybridized carbons (Fsp3) is 0.357. The quantitative estimate of drug-likeness (QED) is 0.839. The molecule has 0 unspecified atom stereocenters. The number of carbonyl (C=O) groups is 1. The summed E-state index contributed by atoms with van der Waals surface area (Å²) in [6.45, 7) is 6.17. The van der Waals surface area contributed by atoms with E-state index in [1.54, 1.807) is 17.0 Å². The van der Waals surface area contributed by atoms with Gasteiger partial charge in [0.15, 0.2) is 0 Å². The zero-order chi connectivity index (χ0) is 14.8. The average molecular weight is 294 g/mol. The van der Waals surface area contributed by atoms with Gasteiger partial charge in [0.05, 0.1) is 4.90 Å². The van der Waals surface area contributed by atoms with Crippen molar-refractivity contribution >= 4 is 21.6 Å². The third-order valence-corrected chi connectivity index (χ3v) is 4.68. The van der Waals surface area contributed by atoms with E-state index in [9.17, 15) is 13.2 Å². The normalized spacial score (nSPS) is 15.7. The molecule has 1 N–H and O–H groups in total. The molecule has 1 aliphatic rings. The molecule has 0 saturated carbocycles. The molecule has 1 aromatic carbocycles. The van der Waals surface area contributed by atoms with Gasteiger partial charge in [-0.1, -0.05) is 6.08 Å². The van der Waals surface area contributed by atoms with Crippen LogP contribution in [0.4, 0.5) is 5.69 Å². The van der Waals surface area contributed by atoms with Crippen molar-refractivity contribution in [2.24, 2.45) is 0 Å². The maximum absolute atomic E-state index is 12.0. The van der Waals surface area contributed by atoms with E-state index in [1.807, 2.05) is 6.92 Å². The number of nitrogens with one attached hydrogen (secondary N) is 1. The molecule has 2 rings (SSSR count). The van der Waals surface area contributed by atoms with Crippen LogP contribution in [0.1, 0.15) is 18.4 Å². The van der Waals surface area contributed by atoms with Crippen molar-refractivity contribution < 1.29 is 13.2 Å². The highest BCUT2D eigenvalue weighted by Gasteiger charge is 2.24. The van der Waals surface area contributed by atoms with E-state index in [1.165, 1.54) is 12.1 Å². The third kappa shape index (κ3) is 2.91. The Labute approximate surface area is 119 Å². The lowest BCUT2D eigenvalue weighted by atomic mass is 10.2. The van der Waals surface area contributed by atoms with Crippen molar-refractivity contribution in [2.75, 3.05) is 18.0 Å². The molecule has 0 aliphatic carbocycles. The molecule has 1 fully saturated rings. The Balaban J connectivity index is 2.30. The predicted molar refractivity (Wildman–Crippen MR) is 78.2 cm³/mol. The van der Waals surface area contributed by atoms with Gasteiger partial charge < -0.3 is 4.90 Å². The number of anilines is 1. The Hall–Kier alpha value is -1.66. The number of sulfonamides is 1. The van der Waals surface area contributed by atoms with Gasteiger partial charge in [-0.15, -0.1) is 6.58 Å². The zero-order valence-corrected chi connectivity index (χ0v) is 12.2. The van der Waals surface area contributed by atoms with E-state index >= 15 is 0 Å². The Bertz CT molecular complexity index is 638. The number of aryl methyl sites for hydroxylation is 1. The van der Waals surface area contributed by atoms with Gasteiger partial charge in [-0.25, -0.2) is 13.1 Å². The van der Waals surface area contributed by atoms with Crippen LogP contribution >= 0.6 is 0 Å². The monoisotopic (exact) mass is 294 g/mol. The molecule has 0 radical (unpaired) electrons. The maximum atomic E-state index is 12.0. The molecule has 1 heterocycles. The van der Waals surface area contributed by atoms with Crippen LogP contribution in [0.2, 0.25) is 0 Å². The molecule has 108 valence electrons.